The lowest BCUT2D eigenvalue weighted by Gasteiger charge is -2.09. The molecule has 0 atom stereocenters. The summed E-state index contributed by atoms with van der Waals surface area (Å²) in [6.07, 6.45) is -2.63. The van der Waals surface area contributed by atoms with Gasteiger partial charge >= 0.3 is 0 Å². The van der Waals surface area contributed by atoms with E-state index in [1.165, 1.54) is 19.1 Å². The summed E-state index contributed by atoms with van der Waals surface area (Å²) >= 11 is 3.02. The Labute approximate surface area is 88.2 Å². The van der Waals surface area contributed by atoms with Gasteiger partial charge in [0, 0.05) is 11.1 Å². The van der Waals surface area contributed by atoms with Gasteiger partial charge in [-0.3, -0.25) is 4.79 Å². The van der Waals surface area contributed by atoms with E-state index in [2.05, 4.69) is 15.9 Å². The maximum absolute atomic E-state index is 12.4. The molecule has 0 fully saturated rings. The number of alkyl halides is 2. The van der Waals surface area contributed by atoms with E-state index in [1.54, 1.807) is 0 Å². The van der Waals surface area contributed by atoms with Gasteiger partial charge in [-0.2, -0.15) is 0 Å². The minimum absolute atomic E-state index is 0.0762. The molecule has 0 aliphatic carbocycles. The normalized spacial score (nSPS) is 10.6. The molecule has 1 rings (SSSR count). The molecule has 0 amide bonds. The van der Waals surface area contributed by atoms with Crippen LogP contribution in [0.25, 0.3) is 0 Å². The fourth-order valence-corrected chi connectivity index (χ4v) is 1.71. The van der Waals surface area contributed by atoms with Gasteiger partial charge in [0.25, 0.3) is 6.43 Å². The molecule has 0 aliphatic heterocycles. The lowest BCUT2D eigenvalue weighted by Crippen LogP contribution is -2.02. The Balaban J connectivity index is 3.33. The lowest BCUT2D eigenvalue weighted by molar-refractivity contribution is 0.101. The maximum Gasteiger partial charge on any atom is 0.265 e. The van der Waals surface area contributed by atoms with Crippen molar-refractivity contribution in [3.63, 3.8) is 0 Å². The van der Waals surface area contributed by atoms with Crippen LogP contribution in [0.5, 0.6) is 0 Å². The van der Waals surface area contributed by atoms with Crippen LogP contribution < -0.4 is 5.73 Å². The van der Waals surface area contributed by atoms with Crippen molar-refractivity contribution in [2.24, 2.45) is 0 Å². The fraction of sp³-hybridized carbons (Fsp3) is 0.222. The number of hydrogen-bond acceptors (Lipinski definition) is 2. The van der Waals surface area contributed by atoms with Crippen molar-refractivity contribution >= 4 is 27.4 Å². The first kappa shape index (κ1) is 11.1. The van der Waals surface area contributed by atoms with Crippen LogP contribution in [0.3, 0.4) is 0 Å². The summed E-state index contributed by atoms with van der Waals surface area (Å²) in [4.78, 5) is 11.0. The molecule has 5 heteroatoms. The van der Waals surface area contributed by atoms with Gasteiger partial charge in [-0.25, -0.2) is 8.78 Å². The van der Waals surface area contributed by atoms with Gasteiger partial charge in [0.2, 0.25) is 0 Å². The second kappa shape index (κ2) is 4.04. The third-order valence-corrected chi connectivity index (χ3v) is 2.68. The van der Waals surface area contributed by atoms with Gasteiger partial charge in [0.15, 0.2) is 5.78 Å². The van der Waals surface area contributed by atoms with E-state index in [0.29, 0.717) is 5.56 Å². The highest BCUT2D eigenvalue weighted by Gasteiger charge is 2.16. The fourth-order valence-electron chi connectivity index (χ4n) is 1.07. The minimum atomic E-state index is -2.63. The summed E-state index contributed by atoms with van der Waals surface area (Å²) in [7, 11) is 0. The number of carbonyl (C=O) groups excluding carboxylic acids is 1. The quantitative estimate of drug-likeness (QED) is 0.658. The molecule has 0 saturated heterocycles. The second-order valence-electron chi connectivity index (χ2n) is 2.79. The van der Waals surface area contributed by atoms with E-state index in [9.17, 15) is 13.6 Å². The Hall–Kier alpha value is -0.970. The molecular formula is C9H8BrF2NO. The van der Waals surface area contributed by atoms with Crippen LogP contribution in [-0.2, 0) is 0 Å². The Kier molecular flexibility index (Phi) is 3.21. The van der Waals surface area contributed by atoms with Crippen molar-refractivity contribution in [2.45, 2.75) is 13.3 Å². The number of benzene rings is 1. The van der Waals surface area contributed by atoms with E-state index in [0.717, 1.165) is 0 Å². The molecule has 2 nitrogen and oxygen atoms in total. The van der Waals surface area contributed by atoms with Crippen molar-refractivity contribution in [2.75, 3.05) is 5.73 Å². The van der Waals surface area contributed by atoms with Crippen LogP contribution in [0, 0.1) is 0 Å². The first-order chi connectivity index (χ1) is 6.45. The highest BCUT2D eigenvalue weighted by molar-refractivity contribution is 9.10. The van der Waals surface area contributed by atoms with Gasteiger partial charge in [0.05, 0.1) is 10.2 Å². The molecule has 2 N–H and O–H groups in total. The first-order valence-corrected chi connectivity index (χ1v) is 4.61. The summed E-state index contributed by atoms with van der Waals surface area (Å²) < 4.78 is 24.9. The Bertz CT molecular complexity index is 379. The average molecular weight is 264 g/mol. The summed E-state index contributed by atoms with van der Waals surface area (Å²) in [5.41, 5.74) is 5.42. The van der Waals surface area contributed by atoms with Crippen LogP contribution in [0.15, 0.2) is 16.6 Å². The van der Waals surface area contributed by atoms with Crippen LogP contribution in [-0.4, -0.2) is 5.78 Å². The first-order valence-electron chi connectivity index (χ1n) is 3.82. The molecule has 0 bridgehead atoms. The molecule has 0 spiro atoms. The molecule has 14 heavy (non-hydrogen) atoms. The molecule has 0 saturated carbocycles. The topological polar surface area (TPSA) is 43.1 Å². The number of nitrogens with two attached hydrogens (primary N) is 1. The van der Waals surface area contributed by atoms with E-state index < -0.39 is 6.43 Å². The summed E-state index contributed by atoms with van der Waals surface area (Å²) in [5.74, 6) is -0.218. The van der Waals surface area contributed by atoms with Gasteiger partial charge in [-0.05, 0) is 28.9 Å². The summed E-state index contributed by atoms with van der Waals surface area (Å²) in [6.45, 7) is 1.35. The highest BCUT2D eigenvalue weighted by Crippen LogP contribution is 2.33. The van der Waals surface area contributed by atoms with E-state index in [1.807, 2.05) is 0 Å². The number of carbonyl (C=O) groups is 1. The number of nitrogen functional groups attached to an aromatic ring is 1. The Morgan fingerprint density at radius 2 is 2.07 bits per heavy atom. The van der Waals surface area contributed by atoms with Gasteiger partial charge < -0.3 is 5.73 Å². The molecular weight excluding hydrogens is 256 g/mol. The molecule has 0 radical (unpaired) electrons. The number of ketones is 1. The van der Waals surface area contributed by atoms with Crippen molar-refractivity contribution < 1.29 is 13.6 Å². The van der Waals surface area contributed by atoms with E-state index in [-0.39, 0.29) is 21.5 Å². The second-order valence-corrected chi connectivity index (χ2v) is 3.58. The molecule has 76 valence electrons. The van der Waals surface area contributed by atoms with Gasteiger partial charge in [-0.1, -0.05) is 6.07 Å². The van der Waals surface area contributed by atoms with Crippen molar-refractivity contribution in [1.29, 1.82) is 0 Å². The zero-order chi connectivity index (χ0) is 10.9. The van der Waals surface area contributed by atoms with Crippen LogP contribution in [0.2, 0.25) is 0 Å². The molecule has 1 aromatic rings. The monoisotopic (exact) mass is 263 g/mol. The number of hydrogen-bond donors (Lipinski definition) is 1. The minimum Gasteiger partial charge on any atom is -0.397 e. The zero-order valence-corrected chi connectivity index (χ0v) is 8.94. The molecule has 1 aromatic carbocycles. The smallest absolute Gasteiger partial charge is 0.265 e. The van der Waals surface area contributed by atoms with Crippen LogP contribution in [0.1, 0.15) is 29.3 Å². The maximum atomic E-state index is 12.4. The van der Waals surface area contributed by atoms with Crippen molar-refractivity contribution in [1.82, 2.24) is 0 Å². The number of Topliss-reactive ketones (excluding diaryl/α,β-unsaturated/α-hetero) is 1. The van der Waals surface area contributed by atoms with Gasteiger partial charge in [-0.15, -0.1) is 0 Å². The Morgan fingerprint density at radius 3 is 2.50 bits per heavy atom. The predicted octanol–water partition coefficient (Wildman–Crippen LogP) is 3.17. The standard InChI is InChI=1S/C9H8BrF2NO/c1-4(14)5-2-3-6(9(11)12)8(13)7(5)10/h2-3,9H,13H2,1H3. The zero-order valence-electron chi connectivity index (χ0n) is 7.35. The number of anilines is 1. The summed E-state index contributed by atoms with van der Waals surface area (Å²) in [5, 5.41) is 0. The van der Waals surface area contributed by atoms with Crippen molar-refractivity contribution in [3.05, 3.63) is 27.7 Å². The summed E-state index contributed by atoms with van der Waals surface area (Å²) in [6, 6.07) is 2.51. The molecule has 0 aromatic heterocycles. The van der Waals surface area contributed by atoms with E-state index >= 15 is 0 Å². The van der Waals surface area contributed by atoms with Gasteiger partial charge in [0.1, 0.15) is 0 Å². The average Bonchev–Trinajstić information content (AvgIpc) is 2.08. The lowest BCUT2D eigenvalue weighted by atomic mass is 10.1. The SMILES string of the molecule is CC(=O)c1ccc(C(F)F)c(N)c1Br. The highest BCUT2D eigenvalue weighted by atomic mass is 79.9. The predicted molar refractivity (Wildman–Crippen MR) is 53.5 cm³/mol. The van der Waals surface area contributed by atoms with Crippen molar-refractivity contribution in [3.8, 4) is 0 Å². The third kappa shape index (κ3) is 1.92. The molecule has 0 unspecified atom stereocenters. The molecule has 0 heterocycles. The third-order valence-electron chi connectivity index (χ3n) is 1.83. The number of halogens is 3. The molecule has 0 aliphatic rings. The number of rotatable bonds is 2. The van der Waals surface area contributed by atoms with E-state index in [4.69, 9.17) is 5.73 Å². The van der Waals surface area contributed by atoms with Crippen LogP contribution in [0.4, 0.5) is 14.5 Å². The largest absolute Gasteiger partial charge is 0.397 e. The Morgan fingerprint density at radius 1 is 1.50 bits per heavy atom. The van der Waals surface area contributed by atoms with Crippen LogP contribution >= 0.6 is 15.9 Å².